The molecule has 6 nitrogen and oxygen atoms in total. The molecule has 0 aromatic heterocycles. The van der Waals surface area contributed by atoms with E-state index in [1.54, 1.807) is 12.1 Å². The fraction of sp³-hybridized carbons (Fsp3) is 0.444. The molecule has 222 valence electrons. The van der Waals surface area contributed by atoms with Crippen LogP contribution in [0.4, 0.5) is 11.4 Å². The number of carbonyl (C=O) groups excluding carboxylic acids is 1. The zero-order chi connectivity index (χ0) is 29.2. The number of carboxylic acids is 1. The van der Waals surface area contributed by atoms with Crippen LogP contribution in [0.5, 0.6) is 0 Å². The average molecular weight is 593 g/mol. The molecule has 0 aliphatic carbocycles. The van der Waals surface area contributed by atoms with Crippen LogP contribution in [0.2, 0.25) is 12.1 Å². The molecule has 0 saturated carbocycles. The summed E-state index contributed by atoms with van der Waals surface area (Å²) >= 11 is 0. The fourth-order valence-corrected chi connectivity index (χ4v) is 14.7. The first-order valence-electron chi connectivity index (χ1n) is 16.4. The van der Waals surface area contributed by atoms with Gasteiger partial charge in [-0.2, -0.15) is 0 Å². The summed E-state index contributed by atoms with van der Waals surface area (Å²) in [5.74, 6) is -1.36. The molecular formula is C36H40N2O4Si. The number of esters is 1. The largest absolute Gasteiger partial charge is 0.478 e. The minimum absolute atomic E-state index is 0.185. The van der Waals surface area contributed by atoms with Crippen molar-refractivity contribution < 1.29 is 19.4 Å². The minimum Gasteiger partial charge on any atom is -0.478 e. The lowest BCUT2D eigenvalue weighted by atomic mass is 9.78. The van der Waals surface area contributed by atoms with Crippen LogP contribution >= 0.6 is 0 Å². The Hall–Kier alpha value is -3.58. The maximum absolute atomic E-state index is 13.7. The van der Waals surface area contributed by atoms with E-state index in [0.29, 0.717) is 11.1 Å². The molecule has 8 rings (SSSR count). The van der Waals surface area contributed by atoms with Gasteiger partial charge < -0.3 is 19.6 Å². The van der Waals surface area contributed by atoms with Crippen molar-refractivity contribution in [1.82, 2.24) is 0 Å². The summed E-state index contributed by atoms with van der Waals surface area (Å²) in [6, 6.07) is 21.2. The molecular weight excluding hydrogens is 552 g/mol. The fourth-order valence-electron chi connectivity index (χ4n) is 8.95. The monoisotopic (exact) mass is 592 g/mol. The lowest BCUT2D eigenvalue weighted by Gasteiger charge is -2.49. The number of fused-ring (bicyclic) bond motifs is 8. The van der Waals surface area contributed by atoms with Gasteiger partial charge in [0.05, 0.1) is 11.1 Å². The van der Waals surface area contributed by atoms with Crippen molar-refractivity contribution in [2.45, 2.75) is 75.5 Å². The van der Waals surface area contributed by atoms with E-state index >= 15 is 0 Å². The molecule has 3 aromatic carbocycles. The van der Waals surface area contributed by atoms with Gasteiger partial charge >= 0.3 is 11.9 Å². The highest BCUT2D eigenvalue weighted by atomic mass is 28.3. The lowest BCUT2D eigenvalue weighted by molar-refractivity contribution is 0.0255. The number of ether oxygens (including phenoxy) is 1. The first-order valence-corrected chi connectivity index (χ1v) is 18.8. The summed E-state index contributed by atoms with van der Waals surface area (Å²) in [7, 11) is -2.23. The number of nitrogens with zero attached hydrogens (tertiary/aromatic N) is 2. The van der Waals surface area contributed by atoms with E-state index in [2.05, 4.69) is 46.2 Å². The molecule has 0 radical (unpaired) electrons. The molecule has 1 N–H and O–H groups in total. The SMILES string of the molecule is O=C(O)c1ccc2c(c1)C1(OC2=O)c2ccc(N3CCCCC3)cc2[Si]2(CCCCC2)c2cc(N3CCCCC3)ccc21. The summed E-state index contributed by atoms with van der Waals surface area (Å²) in [6.07, 6.45) is 11.1. The average Bonchev–Trinajstić information content (AvgIpc) is 3.36. The van der Waals surface area contributed by atoms with Crippen LogP contribution in [0, 0.1) is 0 Å². The normalized spacial score (nSPS) is 21.7. The van der Waals surface area contributed by atoms with E-state index in [0.717, 1.165) is 37.3 Å². The Balaban J connectivity index is 1.42. The van der Waals surface area contributed by atoms with Gasteiger partial charge in [0.1, 0.15) is 8.07 Å². The Morgan fingerprint density at radius 1 is 0.674 bits per heavy atom. The Bertz CT molecular complexity index is 1540. The van der Waals surface area contributed by atoms with Crippen molar-refractivity contribution in [2.24, 2.45) is 0 Å². The standard InChI is InChI=1S/C36H40N2O4Si/c39-34(40)25-10-13-28-31(22-25)36(42-35(28)41)29-14-11-26(37-16-4-1-5-17-37)23-32(29)43(20-8-3-9-21-43)33-24-27(12-15-30(33)36)38-18-6-2-7-19-38/h10-15,22-24H,1-9,16-21H2,(H,39,40). The Morgan fingerprint density at radius 2 is 1.21 bits per heavy atom. The van der Waals surface area contributed by atoms with E-state index in [1.807, 2.05) is 0 Å². The number of hydrogen-bond acceptors (Lipinski definition) is 5. The van der Waals surface area contributed by atoms with E-state index in [1.165, 1.54) is 97.7 Å². The Morgan fingerprint density at radius 3 is 1.74 bits per heavy atom. The van der Waals surface area contributed by atoms with Crippen LogP contribution in [0.3, 0.4) is 0 Å². The number of carbonyl (C=O) groups is 2. The number of piperidine rings is 2. The third-order valence-electron chi connectivity index (χ3n) is 11.1. The molecule has 0 bridgehead atoms. The second-order valence-corrected chi connectivity index (χ2v) is 17.6. The number of aromatic carboxylic acids is 1. The molecule has 3 saturated heterocycles. The number of hydrogen-bond donors (Lipinski definition) is 1. The summed E-state index contributed by atoms with van der Waals surface area (Å²) in [5, 5.41) is 12.8. The van der Waals surface area contributed by atoms with Gasteiger partial charge in [-0.1, -0.05) is 31.4 Å². The van der Waals surface area contributed by atoms with Crippen LogP contribution < -0.4 is 20.2 Å². The van der Waals surface area contributed by atoms with Gasteiger partial charge in [0, 0.05) is 54.2 Å². The molecule has 5 aliphatic rings. The third kappa shape index (κ3) is 4.03. The molecule has 0 unspecified atom stereocenters. The molecule has 7 heteroatoms. The van der Waals surface area contributed by atoms with Gasteiger partial charge in [-0.25, -0.2) is 9.59 Å². The van der Waals surface area contributed by atoms with Gasteiger partial charge in [-0.05, 0) is 103 Å². The van der Waals surface area contributed by atoms with Crippen molar-refractivity contribution >= 4 is 41.8 Å². The van der Waals surface area contributed by atoms with Crippen molar-refractivity contribution in [3.63, 3.8) is 0 Å². The van der Waals surface area contributed by atoms with E-state index in [4.69, 9.17) is 4.74 Å². The smallest absolute Gasteiger partial charge is 0.340 e. The number of rotatable bonds is 3. The molecule has 3 fully saturated rings. The number of anilines is 2. The third-order valence-corrected chi connectivity index (χ3v) is 16.4. The van der Waals surface area contributed by atoms with Gasteiger partial charge in [-0.15, -0.1) is 0 Å². The molecule has 5 aliphatic heterocycles. The summed E-state index contributed by atoms with van der Waals surface area (Å²) in [6.45, 7) is 4.31. The van der Waals surface area contributed by atoms with Gasteiger partial charge in [0.2, 0.25) is 0 Å². The van der Waals surface area contributed by atoms with Crippen LogP contribution in [0.1, 0.15) is 95.2 Å². The zero-order valence-electron chi connectivity index (χ0n) is 24.9. The molecule has 0 atom stereocenters. The Labute approximate surface area is 254 Å². The van der Waals surface area contributed by atoms with Crippen molar-refractivity contribution in [1.29, 1.82) is 0 Å². The van der Waals surface area contributed by atoms with Gasteiger partial charge in [0.15, 0.2) is 5.60 Å². The van der Waals surface area contributed by atoms with Crippen molar-refractivity contribution in [2.75, 3.05) is 36.0 Å². The first-order chi connectivity index (χ1) is 21.0. The van der Waals surface area contributed by atoms with Gasteiger partial charge in [0.25, 0.3) is 0 Å². The predicted molar refractivity (Wildman–Crippen MR) is 172 cm³/mol. The maximum Gasteiger partial charge on any atom is 0.340 e. The zero-order valence-corrected chi connectivity index (χ0v) is 25.9. The second-order valence-electron chi connectivity index (χ2n) is 13.3. The molecule has 3 aromatic rings. The maximum atomic E-state index is 13.7. The van der Waals surface area contributed by atoms with Crippen molar-refractivity contribution in [3.05, 3.63) is 82.4 Å². The highest BCUT2D eigenvalue weighted by molar-refractivity contribution is 7.03. The molecule has 2 spiro atoms. The minimum atomic E-state index is -2.23. The molecule has 5 heterocycles. The molecule has 43 heavy (non-hydrogen) atoms. The second kappa shape index (κ2) is 10.3. The Kier molecular flexibility index (Phi) is 6.44. The first kappa shape index (κ1) is 27.0. The van der Waals surface area contributed by atoms with E-state index in [-0.39, 0.29) is 11.5 Å². The lowest BCUT2D eigenvalue weighted by Crippen LogP contribution is -2.67. The predicted octanol–water partition coefficient (Wildman–Crippen LogP) is 5.89. The van der Waals surface area contributed by atoms with E-state index in [9.17, 15) is 14.7 Å². The van der Waals surface area contributed by atoms with Crippen LogP contribution in [-0.4, -0.2) is 51.3 Å². The topological polar surface area (TPSA) is 70.1 Å². The number of carboxylic acid groups (broad SMARTS) is 1. The molecule has 0 amide bonds. The van der Waals surface area contributed by atoms with Gasteiger partial charge in [-0.3, -0.25) is 0 Å². The van der Waals surface area contributed by atoms with Crippen LogP contribution in [0.15, 0.2) is 54.6 Å². The quantitative estimate of drug-likeness (QED) is 0.302. The number of benzene rings is 3. The van der Waals surface area contributed by atoms with Crippen LogP contribution in [0.25, 0.3) is 0 Å². The van der Waals surface area contributed by atoms with E-state index < -0.39 is 19.6 Å². The summed E-state index contributed by atoms with van der Waals surface area (Å²) in [5.41, 5.74) is 4.89. The van der Waals surface area contributed by atoms with Crippen molar-refractivity contribution in [3.8, 4) is 0 Å². The summed E-state index contributed by atoms with van der Waals surface area (Å²) in [4.78, 5) is 30.9. The summed E-state index contributed by atoms with van der Waals surface area (Å²) < 4.78 is 6.62. The van der Waals surface area contributed by atoms with Crippen LogP contribution in [-0.2, 0) is 10.3 Å². The highest BCUT2D eigenvalue weighted by Crippen LogP contribution is 2.51. The highest BCUT2D eigenvalue weighted by Gasteiger charge is 2.58.